The third-order valence-electron chi connectivity index (χ3n) is 2.61. The molecule has 114 valence electrons. The molecule has 2 rings (SSSR count). The molecule has 0 heterocycles. The summed E-state index contributed by atoms with van der Waals surface area (Å²) in [5, 5.41) is 9.05. The zero-order valence-electron chi connectivity index (χ0n) is 10.6. The van der Waals surface area contributed by atoms with Crippen LogP contribution in [0, 0.1) is 5.82 Å². The van der Waals surface area contributed by atoms with Crippen molar-refractivity contribution in [3.63, 3.8) is 0 Å². The number of hydrogen-bond donors (Lipinski definition) is 1. The maximum absolute atomic E-state index is 13.8. The monoisotopic (exact) mass is 494 g/mol. The molecule has 0 amide bonds. The molecule has 0 saturated heterocycles. The Balaban J connectivity index is 2.45. The van der Waals surface area contributed by atoms with Gasteiger partial charge >= 0.3 is 11.9 Å². The van der Waals surface area contributed by atoms with E-state index in [0.29, 0.717) is 8.95 Å². The van der Waals surface area contributed by atoms with Gasteiger partial charge in [0, 0.05) is 4.47 Å². The number of benzene rings is 2. The Kier molecular flexibility index (Phi) is 5.36. The van der Waals surface area contributed by atoms with E-state index in [2.05, 4.69) is 47.8 Å². The molecule has 4 nitrogen and oxygen atoms in total. The quantitative estimate of drug-likeness (QED) is 0.478. The average molecular weight is 497 g/mol. The fraction of sp³-hybridized carbons (Fsp3) is 0. The van der Waals surface area contributed by atoms with E-state index in [4.69, 9.17) is 9.84 Å². The summed E-state index contributed by atoms with van der Waals surface area (Å²) in [6, 6.07) is 6.60. The van der Waals surface area contributed by atoms with Crippen LogP contribution in [0.25, 0.3) is 0 Å². The lowest BCUT2D eigenvalue weighted by molar-refractivity contribution is 0.0663. The number of esters is 1. The second-order valence-corrected chi connectivity index (χ2v) is 6.68. The van der Waals surface area contributed by atoms with Gasteiger partial charge in [-0.25, -0.2) is 14.0 Å². The topological polar surface area (TPSA) is 63.6 Å². The van der Waals surface area contributed by atoms with E-state index in [0.717, 1.165) is 16.6 Å². The average Bonchev–Trinajstić information content (AvgIpc) is 2.42. The number of carboxylic acid groups (broad SMARTS) is 1. The van der Waals surface area contributed by atoms with Crippen LogP contribution in [0.3, 0.4) is 0 Å². The maximum Gasteiger partial charge on any atom is 0.347 e. The molecule has 0 aliphatic carbocycles. The minimum Gasteiger partial charge on any atom is -0.478 e. The number of carbonyl (C=O) groups is 2. The Morgan fingerprint density at radius 3 is 2.23 bits per heavy atom. The minimum absolute atomic E-state index is 0.118. The molecule has 0 fully saturated rings. The Morgan fingerprint density at radius 1 is 1.09 bits per heavy atom. The molecule has 0 spiro atoms. The molecular formula is C14H6Br3FO4. The van der Waals surface area contributed by atoms with Gasteiger partial charge in [0.25, 0.3) is 0 Å². The summed E-state index contributed by atoms with van der Waals surface area (Å²) in [5.74, 6) is -3.36. The second kappa shape index (κ2) is 6.89. The molecule has 0 saturated carbocycles. The Hall–Kier alpha value is -1.25. The van der Waals surface area contributed by atoms with Crippen molar-refractivity contribution >= 4 is 59.7 Å². The molecule has 0 aromatic heterocycles. The summed E-state index contributed by atoms with van der Waals surface area (Å²) in [5.41, 5.74) is -1.09. The van der Waals surface area contributed by atoms with E-state index in [9.17, 15) is 14.0 Å². The third kappa shape index (κ3) is 3.56. The molecule has 2 aromatic rings. The third-order valence-corrected chi connectivity index (χ3v) is 4.24. The van der Waals surface area contributed by atoms with Crippen LogP contribution in [0.5, 0.6) is 5.75 Å². The molecule has 0 unspecified atom stereocenters. The number of hydrogen-bond acceptors (Lipinski definition) is 3. The summed E-state index contributed by atoms with van der Waals surface area (Å²) in [4.78, 5) is 23.3. The highest BCUT2D eigenvalue weighted by Gasteiger charge is 2.24. The summed E-state index contributed by atoms with van der Waals surface area (Å²) in [6.07, 6.45) is 0. The highest BCUT2D eigenvalue weighted by Crippen LogP contribution is 2.37. The van der Waals surface area contributed by atoms with Crippen LogP contribution in [0.15, 0.2) is 43.7 Å². The fourth-order valence-electron chi connectivity index (χ4n) is 1.68. The van der Waals surface area contributed by atoms with Crippen molar-refractivity contribution in [2.75, 3.05) is 0 Å². The predicted octanol–water partition coefficient (Wildman–Crippen LogP) is 5.03. The van der Waals surface area contributed by atoms with E-state index < -0.39 is 28.9 Å². The maximum atomic E-state index is 13.8. The first-order valence-electron chi connectivity index (χ1n) is 5.69. The van der Waals surface area contributed by atoms with Gasteiger partial charge in [-0.1, -0.05) is 22.0 Å². The van der Waals surface area contributed by atoms with Crippen molar-refractivity contribution in [3.8, 4) is 5.75 Å². The Labute approximate surface area is 149 Å². The van der Waals surface area contributed by atoms with Gasteiger partial charge in [-0.15, -0.1) is 0 Å². The van der Waals surface area contributed by atoms with Gasteiger partial charge in [-0.05, 0) is 56.1 Å². The van der Waals surface area contributed by atoms with Crippen molar-refractivity contribution < 1.29 is 23.8 Å². The number of ether oxygens (including phenoxy) is 1. The summed E-state index contributed by atoms with van der Waals surface area (Å²) < 4.78 is 20.6. The van der Waals surface area contributed by atoms with Crippen molar-refractivity contribution in [3.05, 3.63) is 60.7 Å². The molecule has 0 bridgehead atoms. The number of carboxylic acids is 1. The predicted molar refractivity (Wildman–Crippen MR) is 87.9 cm³/mol. The van der Waals surface area contributed by atoms with Gasteiger partial charge < -0.3 is 9.84 Å². The van der Waals surface area contributed by atoms with Gasteiger partial charge in [0.15, 0.2) is 5.75 Å². The van der Waals surface area contributed by atoms with Crippen LogP contribution >= 0.6 is 47.8 Å². The standard InChI is InChI=1S/C14H6Br3FO4/c15-6-4-8(16)12(9(17)5-6)22-14(21)11-7(13(19)20)2-1-3-10(11)18/h1-5H,(H,19,20). The van der Waals surface area contributed by atoms with E-state index in [1.807, 2.05) is 0 Å². The van der Waals surface area contributed by atoms with Crippen molar-refractivity contribution in [2.45, 2.75) is 0 Å². The molecule has 0 aliphatic heterocycles. The van der Waals surface area contributed by atoms with Gasteiger partial charge in [-0.2, -0.15) is 0 Å². The molecule has 2 aromatic carbocycles. The highest BCUT2D eigenvalue weighted by atomic mass is 79.9. The molecule has 0 atom stereocenters. The van der Waals surface area contributed by atoms with Crippen LogP contribution in [0.1, 0.15) is 20.7 Å². The zero-order chi connectivity index (χ0) is 16.4. The van der Waals surface area contributed by atoms with Gasteiger partial charge in [0.1, 0.15) is 11.4 Å². The smallest absolute Gasteiger partial charge is 0.347 e. The lowest BCUT2D eigenvalue weighted by Crippen LogP contribution is -2.16. The Morgan fingerprint density at radius 2 is 1.68 bits per heavy atom. The highest BCUT2D eigenvalue weighted by molar-refractivity contribution is 9.11. The van der Waals surface area contributed by atoms with Gasteiger partial charge in [0.05, 0.1) is 14.5 Å². The lowest BCUT2D eigenvalue weighted by atomic mass is 10.1. The zero-order valence-corrected chi connectivity index (χ0v) is 15.3. The largest absolute Gasteiger partial charge is 0.478 e. The van der Waals surface area contributed by atoms with Crippen LogP contribution in [-0.4, -0.2) is 17.0 Å². The first kappa shape index (κ1) is 17.1. The van der Waals surface area contributed by atoms with Gasteiger partial charge in [-0.3, -0.25) is 0 Å². The molecule has 22 heavy (non-hydrogen) atoms. The van der Waals surface area contributed by atoms with Gasteiger partial charge in [0.2, 0.25) is 0 Å². The number of aromatic carboxylic acids is 1. The van der Waals surface area contributed by atoms with Crippen molar-refractivity contribution in [1.29, 1.82) is 0 Å². The molecule has 8 heteroatoms. The summed E-state index contributed by atoms with van der Waals surface area (Å²) in [7, 11) is 0. The fourth-order valence-corrected chi connectivity index (χ4v) is 4.10. The molecule has 0 radical (unpaired) electrons. The molecular weight excluding hydrogens is 491 g/mol. The first-order chi connectivity index (χ1) is 10.3. The van der Waals surface area contributed by atoms with Crippen molar-refractivity contribution in [2.24, 2.45) is 0 Å². The van der Waals surface area contributed by atoms with E-state index in [1.165, 1.54) is 6.07 Å². The van der Waals surface area contributed by atoms with Crippen molar-refractivity contribution in [1.82, 2.24) is 0 Å². The number of carbonyl (C=O) groups excluding carboxylic acids is 1. The minimum atomic E-state index is -1.42. The SMILES string of the molecule is O=C(O)c1cccc(F)c1C(=O)Oc1c(Br)cc(Br)cc1Br. The number of rotatable bonds is 3. The van der Waals surface area contributed by atoms with Crippen LogP contribution in [0.2, 0.25) is 0 Å². The van der Waals surface area contributed by atoms with E-state index in [-0.39, 0.29) is 5.75 Å². The summed E-state index contributed by atoms with van der Waals surface area (Å²) in [6.45, 7) is 0. The molecule has 0 aliphatic rings. The summed E-state index contributed by atoms with van der Waals surface area (Å²) >= 11 is 9.70. The van der Waals surface area contributed by atoms with Crippen LogP contribution < -0.4 is 4.74 Å². The van der Waals surface area contributed by atoms with Crippen LogP contribution in [-0.2, 0) is 0 Å². The Bertz CT molecular complexity index is 754. The first-order valence-corrected chi connectivity index (χ1v) is 8.07. The second-order valence-electron chi connectivity index (χ2n) is 4.06. The van der Waals surface area contributed by atoms with E-state index in [1.54, 1.807) is 12.1 Å². The van der Waals surface area contributed by atoms with Crippen LogP contribution in [0.4, 0.5) is 4.39 Å². The molecule has 1 N–H and O–H groups in total. The normalized spacial score (nSPS) is 10.4. The lowest BCUT2D eigenvalue weighted by Gasteiger charge is -2.11. The van der Waals surface area contributed by atoms with E-state index >= 15 is 0 Å². The number of halogens is 4.